The van der Waals surface area contributed by atoms with E-state index in [9.17, 15) is 4.79 Å². The van der Waals surface area contributed by atoms with Crippen LogP contribution >= 0.6 is 0 Å². The molecule has 2 rings (SSSR count). The smallest absolute Gasteiger partial charge is 0.260 e. The van der Waals surface area contributed by atoms with Crippen molar-refractivity contribution in [2.45, 2.75) is 0 Å². The molecule has 0 amide bonds. The third-order valence-corrected chi connectivity index (χ3v) is 1.54. The number of aromatic nitrogens is 2. The Balaban J connectivity index is 2.41. The molecule has 0 aliphatic rings. The Labute approximate surface area is 74.2 Å². The summed E-state index contributed by atoms with van der Waals surface area (Å²) in [4.78, 5) is 18.1. The second kappa shape index (κ2) is 3.18. The summed E-state index contributed by atoms with van der Waals surface area (Å²) in [6, 6.07) is 5.43. The van der Waals surface area contributed by atoms with Gasteiger partial charge in [-0.05, 0) is 12.1 Å². The van der Waals surface area contributed by atoms with Gasteiger partial charge >= 0.3 is 0 Å². The van der Waals surface area contributed by atoms with E-state index in [0.29, 0.717) is 17.7 Å². The molecule has 2 heterocycles. The van der Waals surface area contributed by atoms with Crippen molar-refractivity contribution in [3.8, 4) is 11.5 Å². The van der Waals surface area contributed by atoms with Crippen LogP contribution in [0.3, 0.4) is 0 Å². The minimum absolute atomic E-state index is 0.0700. The van der Waals surface area contributed by atoms with Crippen molar-refractivity contribution in [3.05, 3.63) is 36.5 Å². The van der Waals surface area contributed by atoms with Crippen molar-refractivity contribution in [2.75, 3.05) is 0 Å². The van der Waals surface area contributed by atoms with Gasteiger partial charge in [0, 0.05) is 6.20 Å². The van der Waals surface area contributed by atoms with Gasteiger partial charge in [-0.25, -0.2) is 4.98 Å². The van der Waals surface area contributed by atoms with Crippen molar-refractivity contribution >= 4 is 6.29 Å². The highest BCUT2D eigenvalue weighted by Gasteiger charge is 2.04. The molecule has 0 saturated carbocycles. The third-order valence-electron chi connectivity index (χ3n) is 1.54. The average Bonchev–Trinajstić information content (AvgIpc) is 2.67. The lowest BCUT2D eigenvalue weighted by Crippen LogP contribution is -1.77. The number of carbonyl (C=O) groups is 1. The summed E-state index contributed by atoms with van der Waals surface area (Å²) in [6.45, 7) is 0. The SMILES string of the molecule is O=Cc1ncc(-c2ccccn2)o1. The van der Waals surface area contributed by atoms with E-state index in [2.05, 4.69) is 9.97 Å². The van der Waals surface area contributed by atoms with Crippen LogP contribution in [0.2, 0.25) is 0 Å². The number of aldehydes is 1. The first-order chi connectivity index (χ1) is 6.40. The van der Waals surface area contributed by atoms with E-state index in [4.69, 9.17) is 4.42 Å². The number of carbonyl (C=O) groups excluding carboxylic acids is 1. The van der Waals surface area contributed by atoms with Crippen LogP contribution in [0.4, 0.5) is 0 Å². The second-order valence-electron chi connectivity index (χ2n) is 2.40. The minimum Gasteiger partial charge on any atom is -0.432 e. The van der Waals surface area contributed by atoms with Crippen LogP contribution in [-0.2, 0) is 0 Å². The predicted octanol–water partition coefficient (Wildman–Crippen LogP) is 1.55. The first kappa shape index (κ1) is 7.67. The highest BCUT2D eigenvalue weighted by molar-refractivity contribution is 5.68. The Morgan fingerprint density at radius 3 is 2.85 bits per heavy atom. The van der Waals surface area contributed by atoms with Gasteiger partial charge in [0.25, 0.3) is 5.89 Å². The Hall–Kier alpha value is -1.97. The molecule has 0 fully saturated rings. The Bertz CT molecular complexity index is 409. The zero-order chi connectivity index (χ0) is 9.10. The maximum absolute atomic E-state index is 10.3. The molecule has 4 nitrogen and oxygen atoms in total. The number of hydrogen-bond acceptors (Lipinski definition) is 4. The number of oxazole rings is 1. The highest BCUT2D eigenvalue weighted by Crippen LogP contribution is 2.15. The molecule has 4 heteroatoms. The minimum atomic E-state index is 0.0700. The van der Waals surface area contributed by atoms with Crippen LogP contribution in [0.15, 0.2) is 35.0 Å². The maximum Gasteiger partial charge on any atom is 0.260 e. The summed E-state index contributed by atoms with van der Waals surface area (Å²) in [5, 5.41) is 0. The fraction of sp³-hybridized carbons (Fsp3) is 0. The van der Waals surface area contributed by atoms with Crippen molar-refractivity contribution in [3.63, 3.8) is 0 Å². The lowest BCUT2D eigenvalue weighted by atomic mass is 10.3. The fourth-order valence-electron chi connectivity index (χ4n) is 0.969. The van der Waals surface area contributed by atoms with Gasteiger partial charge in [0.1, 0.15) is 5.69 Å². The quantitative estimate of drug-likeness (QED) is 0.648. The zero-order valence-corrected chi connectivity index (χ0v) is 6.68. The van der Waals surface area contributed by atoms with E-state index in [-0.39, 0.29) is 5.89 Å². The van der Waals surface area contributed by atoms with Gasteiger partial charge in [0.05, 0.1) is 6.20 Å². The van der Waals surface area contributed by atoms with Crippen LogP contribution in [-0.4, -0.2) is 16.3 Å². The van der Waals surface area contributed by atoms with Gasteiger partial charge in [0.15, 0.2) is 5.76 Å². The molecule has 2 aromatic rings. The summed E-state index contributed by atoms with van der Waals surface area (Å²) < 4.78 is 5.08. The Morgan fingerprint density at radius 2 is 2.23 bits per heavy atom. The fourth-order valence-corrected chi connectivity index (χ4v) is 0.969. The van der Waals surface area contributed by atoms with Gasteiger partial charge in [0.2, 0.25) is 6.29 Å². The van der Waals surface area contributed by atoms with Gasteiger partial charge in [-0.2, -0.15) is 0 Å². The molecule has 0 aliphatic carbocycles. The molecular weight excluding hydrogens is 168 g/mol. The van der Waals surface area contributed by atoms with E-state index in [1.54, 1.807) is 18.3 Å². The molecule has 0 aromatic carbocycles. The Morgan fingerprint density at radius 1 is 1.31 bits per heavy atom. The molecule has 0 radical (unpaired) electrons. The van der Waals surface area contributed by atoms with Crippen LogP contribution in [0.25, 0.3) is 11.5 Å². The van der Waals surface area contributed by atoms with E-state index in [0.717, 1.165) is 0 Å². The van der Waals surface area contributed by atoms with Gasteiger partial charge in [-0.15, -0.1) is 0 Å². The monoisotopic (exact) mass is 174 g/mol. The van der Waals surface area contributed by atoms with Crippen LogP contribution in [0.1, 0.15) is 10.7 Å². The van der Waals surface area contributed by atoms with E-state index in [1.165, 1.54) is 6.20 Å². The molecule has 2 aromatic heterocycles. The van der Waals surface area contributed by atoms with Gasteiger partial charge in [-0.3, -0.25) is 9.78 Å². The molecule has 0 aliphatic heterocycles. The van der Waals surface area contributed by atoms with Crippen molar-refractivity contribution < 1.29 is 9.21 Å². The third kappa shape index (κ3) is 1.46. The summed E-state index contributed by atoms with van der Waals surface area (Å²) in [7, 11) is 0. The van der Waals surface area contributed by atoms with Crippen LogP contribution < -0.4 is 0 Å². The van der Waals surface area contributed by atoms with Crippen LogP contribution in [0.5, 0.6) is 0 Å². The Kier molecular flexibility index (Phi) is 1.88. The summed E-state index contributed by atoms with van der Waals surface area (Å²) in [6.07, 6.45) is 3.69. The number of hydrogen-bond donors (Lipinski definition) is 0. The largest absolute Gasteiger partial charge is 0.432 e. The zero-order valence-electron chi connectivity index (χ0n) is 6.68. The molecule has 0 N–H and O–H groups in total. The van der Waals surface area contributed by atoms with Crippen molar-refractivity contribution in [1.29, 1.82) is 0 Å². The van der Waals surface area contributed by atoms with E-state index >= 15 is 0 Å². The topological polar surface area (TPSA) is 56.0 Å². The lowest BCUT2D eigenvalue weighted by molar-refractivity contribution is 0.109. The summed E-state index contributed by atoms with van der Waals surface area (Å²) >= 11 is 0. The molecule has 64 valence electrons. The van der Waals surface area contributed by atoms with Gasteiger partial charge in [-0.1, -0.05) is 6.07 Å². The lowest BCUT2D eigenvalue weighted by Gasteiger charge is -1.91. The molecule has 0 spiro atoms. The van der Waals surface area contributed by atoms with Crippen molar-refractivity contribution in [1.82, 2.24) is 9.97 Å². The highest BCUT2D eigenvalue weighted by atomic mass is 16.4. The molecule has 0 bridgehead atoms. The van der Waals surface area contributed by atoms with Crippen molar-refractivity contribution in [2.24, 2.45) is 0 Å². The number of pyridine rings is 1. The average molecular weight is 174 g/mol. The standard InChI is InChI=1S/C9H6N2O2/c12-6-9-11-5-8(13-9)7-3-1-2-4-10-7/h1-6H. The predicted molar refractivity (Wildman–Crippen MR) is 45.1 cm³/mol. The summed E-state index contributed by atoms with van der Waals surface area (Å²) in [5.74, 6) is 0.573. The molecule has 13 heavy (non-hydrogen) atoms. The number of rotatable bonds is 2. The second-order valence-corrected chi connectivity index (χ2v) is 2.40. The van der Waals surface area contributed by atoms with E-state index in [1.807, 2.05) is 6.07 Å². The van der Waals surface area contributed by atoms with Crippen LogP contribution in [0, 0.1) is 0 Å². The normalized spacial score (nSPS) is 9.85. The molecule has 0 saturated heterocycles. The number of nitrogens with zero attached hydrogens (tertiary/aromatic N) is 2. The van der Waals surface area contributed by atoms with Gasteiger partial charge < -0.3 is 4.42 Å². The summed E-state index contributed by atoms with van der Waals surface area (Å²) in [5.41, 5.74) is 0.670. The molecular formula is C9H6N2O2. The molecule has 0 atom stereocenters. The molecule has 0 unspecified atom stereocenters. The maximum atomic E-state index is 10.3. The van der Waals surface area contributed by atoms with E-state index < -0.39 is 0 Å². The first-order valence-corrected chi connectivity index (χ1v) is 3.72. The first-order valence-electron chi connectivity index (χ1n) is 3.72.